The van der Waals surface area contributed by atoms with Crippen LogP contribution in [0.1, 0.15) is 24.9 Å². The summed E-state index contributed by atoms with van der Waals surface area (Å²) in [5, 5.41) is 5.44. The topological polar surface area (TPSA) is 66.9 Å². The minimum atomic E-state index is -0.159. The zero-order valence-electron chi connectivity index (χ0n) is 9.08. The van der Waals surface area contributed by atoms with Gasteiger partial charge in [0.1, 0.15) is 5.82 Å². The molecule has 5 nitrogen and oxygen atoms in total. The highest BCUT2D eigenvalue weighted by atomic mass is 16.2. The lowest BCUT2D eigenvalue weighted by atomic mass is 10.4. The van der Waals surface area contributed by atoms with Crippen molar-refractivity contribution in [3.05, 3.63) is 23.8 Å². The molecular formula is C10H16N4O. The Balaban J connectivity index is 2.33. The van der Waals surface area contributed by atoms with E-state index < -0.39 is 0 Å². The molecular weight excluding hydrogens is 192 g/mol. The van der Waals surface area contributed by atoms with Gasteiger partial charge in [0.15, 0.2) is 0 Å². The van der Waals surface area contributed by atoms with Crippen LogP contribution in [0.25, 0.3) is 0 Å². The Morgan fingerprint density at radius 1 is 1.47 bits per heavy atom. The van der Waals surface area contributed by atoms with Gasteiger partial charge in [-0.3, -0.25) is 0 Å². The van der Waals surface area contributed by atoms with E-state index in [9.17, 15) is 4.79 Å². The molecule has 2 N–H and O–H groups in total. The first-order valence-electron chi connectivity index (χ1n) is 5.02. The van der Waals surface area contributed by atoms with E-state index in [-0.39, 0.29) is 6.03 Å². The molecule has 82 valence electrons. The molecule has 0 aliphatic heterocycles. The van der Waals surface area contributed by atoms with Gasteiger partial charge in [-0.2, -0.15) is 0 Å². The zero-order valence-corrected chi connectivity index (χ0v) is 9.08. The summed E-state index contributed by atoms with van der Waals surface area (Å²) in [5.41, 5.74) is 0.814. The van der Waals surface area contributed by atoms with E-state index in [1.54, 1.807) is 12.3 Å². The van der Waals surface area contributed by atoms with Crippen LogP contribution in [-0.2, 0) is 6.54 Å². The van der Waals surface area contributed by atoms with Gasteiger partial charge in [0.2, 0.25) is 0 Å². The van der Waals surface area contributed by atoms with Gasteiger partial charge < -0.3 is 10.6 Å². The number of hydrogen-bond acceptors (Lipinski definition) is 3. The van der Waals surface area contributed by atoms with Gasteiger partial charge in [0.05, 0.1) is 12.2 Å². The van der Waals surface area contributed by atoms with Crippen LogP contribution < -0.4 is 10.6 Å². The fourth-order valence-electron chi connectivity index (χ4n) is 1.08. The lowest BCUT2D eigenvalue weighted by molar-refractivity contribution is 0.240. The molecule has 0 aromatic carbocycles. The summed E-state index contributed by atoms with van der Waals surface area (Å²) in [4.78, 5) is 19.3. The van der Waals surface area contributed by atoms with Gasteiger partial charge in [0, 0.05) is 12.7 Å². The minimum Gasteiger partial charge on any atom is -0.338 e. The summed E-state index contributed by atoms with van der Waals surface area (Å²) in [6.07, 6.45) is 2.61. The van der Waals surface area contributed by atoms with Gasteiger partial charge in [-0.25, -0.2) is 14.8 Å². The molecule has 0 bridgehead atoms. The number of rotatable bonds is 4. The average Bonchev–Trinajstić information content (AvgIpc) is 2.23. The lowest BCUT2D eigenvalue weighted by Crippen LogP contribution is -2.35. The van der Waals surface area contributed by atoms with Gasteiger partial charge >= 0.3 is 6.03 Å². The number of nitrogens with one attached hydrogen (secondary N) is 2. The van der Waals surface area contributed by atoms with Crippen LogP contribution >= 0.6 is 0 Å². The number of nitrogens with zero attached hydrogens (tertiary/aromatic N) is 2. The van der Waals surface area contributed by atoms with E-state index in [1.807, 2.05) is 13.8 Å². The summed E-state index contributed by atoms with van der Waals surface area (Å²) in [7, 11) is 0. The maximum Gasteiger partial charge on any atom is 0.315 e. The summed E-state index contributed by atoms with van der Waals surface area (Å²) in [5.74, 6) is 0.711. The van der Waals surface area contributed by atoms with E-state index in [2.05, 4.69) is 20.6 Å². The van der Waals surface area contributed by atoms with Gasteiger partial charge in [-0.1, -0.05) is 6.92 Å². The third kappa shape index (κ3) is 4.39. The lowest BCUT2D eigenvalue weighted by Gasteiger charge is -2.06. The average molecular weight is 208 g/mol. The van der Waals surface area contributed by atoms with Crippen molar-refractivity contribution >= 4 is 6.03 Å². The van der Waals surface area contributed by atoms with Crippen LogP contribution in [0.5, 0.6) is 0 Å². The van der Waals surface area contributed by atoms with Crippen molar-refractivity contribution < 1.29 is 4.79 Å². The number of hydrogen-bond donors (Lipinski definition) is 2. The van der Waals surface area contributed by atoms with Crippen molar-refractivity contribution in [1.82, 2.24) is 20.6 Å². The number of carbonyl (C=O) groups is 1. The zero-order chi connectivity index (χ0) is 11.1. The van der Waals surface area contributed by atoms with Crippen LogP contribution in [0.3, 0.4) is 0 Å². The molecule has 0 atom stereocenters. The Hall–Kier alpha value is -1.65. The van der Waals surface area contributed by atoms with Crippen molar-refractivity contribution in [3.8, 4) is 0 Å². The molecule has 1 rings (SSSR count). The highest BCUT2D eigenvalue weighted by molar-refractivity contribution is 5.73. The highest BCUT2D eigenvalue weighted by Crippen LogP contribution is 1.93. The van der Waals surface area contributed by atoms with Crippen molar-refractivity contribution in [2.75, 3.05) is 6.54 Å². The van der Waals surface area contributed by atoms with E-state index in [0.717, 1.165) is 12.1 Å². The van der Waals surface area contributed by atoms with Crippen molar-refractivity contribution in [2.45, 2.75) is 26.8 Å². The third-order valence-corrected chi connectivity index (χ3v) is 1.80. The molecule has 0 saturated carbocycles. The molecule has 2 amide bonds. The first kappa shape index (κ1) is 11.4. The minimum absolute atomic E-state index is 0.159. The fourth-order valence-corrected chi connectivity index (χ4v) is 1.08. The Morgan fingerprint density at radius 3 is 2.93 bits per heavy atom. The molecule has 1 heterocycles. The molecule has 0 spiro atoms. The second kappa shape index (κ2) is 5.95. The molecule has 0 aliphatic rings. The van der Waals surface area contributed by atoms with Crippen LogP contribution in [0.4, 0.5) is 4.79 Å². The molecule has 0 aliphatic carbocycles. The molecule has 0 unspecified atom stereocenters. The van der Waals surface area contributed by atoms with E-state index >= 15 is 0 Å². The molecule has 0 saturated heterocycles. The molecule has 1 aromatic rings. The van der Waals surface area contributed by atoms with E-state index in [4.69, 9.17) is 0 Å². The second-order valence-electron chi connectivity index (χ2n) is 3.20. The Bertz CT molecular complexity index is 327. The monoisotopic (exact) mass is 208 g/mol. The summed E-state index contributed by atoms with van der Waals surface area (Å²) in [6, 6.07) is 1.63. The quantitative estimate of drug-likeness (QED) is 0.775. The van der Waals surface area contributed by atoms with Gasteiger partial charge in [-0.05, 0) is 19.4 Å². The molecule has 15 heavy (non-hydrogen) atoms. The van der Waals surface area contributed by atoms with Crippen LogP contribution in [-0.4, -0.2) is 22.5 Å². The largest absolute Gasteiger partial charge is 0.338 e. The molecule has 0 radical (unpaired) electrons. The first-order chi connectivity index (χ1) is 7.22. The number of urea groups is 1. The summed E-state index contributed by atoms with van der Waals surface area (Å²) < 4.78 is 0. The van der Waals surface area contributed by atoms with Crippen LogP contribution in [0.15, 0.2) is 12.3 Å². The summed E-state index contributed by atoms with van der Waals surface area (Å²) >= 11 is 0. The Morgan fingerprint density at radius 2 is 2.27 bits per heavy atom. The second-order valence-corrected chi connectivity index (χ2v) is 3.20. The molecule has 5 heteroatoms. The predicted molar refractivity (Wildman–Crippen MR) is 57.3 cm³/mol. The standard InChI is InChI=1S/C10H16N4O/c1-3-5-12-10(15)13-7-9-4-6-11-8(2)14-9/h4,6H,3,5,7H2,1-2H3,(H2,12,13,15). The highest BCUT2D eigenvalue weighted by Gasteiger charge is 1.99. The van der Waals surface area contributed by atoms with Gasteiger partial charge in [-0.15, -0.1) is 0 Å². The van der Waals surface area contributed by atoms with Crippen LogP contribution in [0.2, 0.25) is 0 Å². The number of amides is 2. The normalized spacial score (nSPS) is 9.73. The first-order valence-corrected chi connectivity index (χ1v) is 5.02. The third-order valence-electron chi connectivity index (χ3n) is 1.80. The predicted octanol–water partition coefficient (Wildman–Crippen LogP) is 0.994. The molecule has 0 fully saturated rings. The van der Waals surface area contributed by atoms with E-state index in [0.29, 0.717) is 18.9 Å². The Labute approximate surface area is 89.3 Å². The van der Waals surface area contributed by atoms with Crippen molar-refractivity contribution in [1.29, 1.82) is 0 Å². The smallest absolute Gasteiger partial charge is 0.315 e. The fraction of sp³-hybridized carbons (Fsp3) is 0.500. The van der Waals surface area contributed by atoms with Crippen LogP contribution in [0, 0.1) is 6.92 Å². The number of aromatic nitrogens is 2. The Kier molecular flexibility index (Phi) is 4.53. The number of aryl methyl sites for hydroxylation is 1. The number of carbonyl (C=O) groups excluding carboxylic acids is 1. The van der Waals surface area contributed by atoms with Crippen molar-refractivity contribution in [2.24, 2.45) is 0 Å². The summed E-state index contributed by atoms with van der Waals surface area (Å²) in [6.45, 7) is 4.95. The van der Waals surface area contributed by atoms with Gasteiger partial charge in [0.25, 0.3) is 0 Å². The SMILES string of the molecule is CCCNC(=O)NCc1ccnc(C)n1. The maximum atomic E-state index is 11.2. The van der Waals surface area contributed by atoms with E-state index in [1.165, 1.54) is 0 Å². The van der Waals surface area contributed by atoms with Crippen molar-refractivity contribution in [3.63, 3.8) is 0 Å². The maximum absolute atomic E-state index is 11.2. The molecule has 1 aromatic heterocycles.